The summed E-state index contributed by atoms with van der Waals surface area (Å²) in [5.41, 5.74) is 13.9. The maximum Gasteiger partial charge on any atom is 0.416 e. The van der Waals surface area contributed by atoms with Crippen LogP contribution in [0, 0.1) is 24.2 Å². The van der Waals surface area contributed by atoms with Crippen molar-refractivity contribution in [3.63, 3.8) is 0 Å². The minimum Gasteiger partial charge on any atom is -0.399 e. The Morgan fingerprint density at radius 2 is 1.85 bits per heavy atom. The molecule has 0 radical (unpaired) electrons. The molecule has 7 N–H and O–H groups in total. The summed E-state index contributed by atoms with van der Waals surface area (Å²) < 4.78 is 36.0. The first kappa shape index (κ1) is 29.1. The molecule has 8 nitrogen and oxygen atoms in total. The van der Waals surface area contributed by atoms with Gasteiger partial charge in [0.05, 0.1) is 17.2 Å². The van der Waals surface area contributed by atoms with Crippen molar-refractivity contribution in [1.29, 1.82) is 5.41 Å². The van der Waals surface area contributed by atoms with Crippen LogP contribution >= 0.6 is 0 Å². The van der Waals surface area contributed by atoms with E-state index in [1.54, 1.807) is 6.07 Å². The lowest BCUT2D eigenvalue weighted by atomic mass is 9.93. The average Bonchev–Trinajstić information content (AvgIpc) is 2.90. The average molecular weight is 539 g/mol. The number of benzene rings is 2. The predicted molar refractivity (Wildman–Crippen MR) is 144 cm³/mol. The van der Waals surface area contributed by atoms with Crippen LogP contribution in [0.2, 0.25) is 0 Å². The van der Waals surface area contributed by atoms with Crippen molar-refractivity contribution >= 4 is 29.3 Å². The van der Waals surface area contributed by atoms with Gasteiger partial charge in [0.15, 0.2) is 0 Å². The zero-order chi connectivity index (χ0) is 28.6. The number of nitrogens with zero attached hydrogens (tertiary/aromatic N) is 2. The van der Waals surface area contributed by atoms with Crippen LogP contribution in [0.15, 0.2) is 48.8 Å². The Hall–Kier alpha value is -4.43. The maximum absolute atomic E-state index is 12.0. The number of nitrogen functional groups attached to an aromatic ring is 2. The molecular weight excluding hydrogens is 509 g/mol. The minimum absolute atomic E-state index is 0.0322. The molecule has 0 saturated heterocycles. The van der Waals surface area contributed by atoms with Crippen LogP contribution in [-0.4, -0.2) is 39.2 Å². The molecule has 1 saturated carbocycles. The third-order valence-corrected chi connectivity index (χ3v) is 6.10. The predicted octanol–water partition coefficient (Wildman–Crippen LogP) is 4.60. The third kappa shape index (κ3) is 8.28. The van der Waals surface area contributed by atoms with E-state index in [0.717, 1.165) is 48.9 Å². The number of nitrogens with one attached hydrogen (secondary N) is 2. The Labute approximate surface area is 224 Å². The molecule has 1 aliphatic rings. The molecule has 11 heteroatoms. The minimum atomic E-state index is -4.38. The number of aliphatic hydroxyl groups is 1. The van der Waals surface area contributed by atoms with Gasteiger partial charge in [-0.15, -0.1) is 0 Å². The number of alkyl halides is 3. The summed E-state index contributed by atoms with van der Waals surface area (Å²) in [5.74, 6) is 6.56. The quantitative estimate of drug-likeness (QED) is 0.141. The first-order valence-corrected chi connectivity index (χ1v) is 12.1. The van der Waals surface area contributed by atoms with Gasteiger partial charge in [0.25, 0.3) is 0 Å². The van der Waals surface area contributed by atoms with E-state index in [-0.39, 0.29) is 29.2 Å². The Morgan fingerprint density at radius 3 is 2.51 bits per heavy atom. The number of anilines is 3. The molecule has 1 aliphatic carbocycles. The van der Waals surface area contributed by atoms with Crippen LogP contribution in [0.5, 0.6) is 0 Å². The zero-order valence-corrected chi connectivity index (χ0v) is 21.2. The van der Waals surface area contributed by atoms with Gasteiger partial charge in [-0.25, -0.2) is 9.97 Å². The van der Waals surface area contributed by atoms with Crippen LogP contribution in [0.25, 0.3) is 0 Å². The van der Waals surface area contributed by atoms with E-state index in [2.05, 4.69) is 27.1 Å². The number of aliphatic hydroxyl groups excluding tert-OH is 1. The summed E-state index contributed by atoms with van der Waals surface area (Å²) in [4.78, 5) is 18.4. The van der Waals surface area contributed by atoms with Crippen molar-refractivity contribution in [3.05, 3.63) is 76.6 Å². The highest BCUT2D eigenvalue weighted by atomic mass is 19.4. The fraction of sp³-hybridized carbons (Fsp3) is 0.286. The lowest BCUT2D eigenvalue weighted by Gasteiger charge is -2.27. The first-order valence-electron chi connectivity index (χ1n) is 12.1. The SMILES string of the molecule is Cc1ccc(N)cc1C#CC(=N)c1c(N)ncnc1NC1CCC(O)CC1.O=Cc1cccc(C(F)(F)F)c1. The summed E-state index contributed by atoms with van der Waals surface area (Å²) in [6.07, 6.45) is 0.330. The number of carbonyl (C=O) groups excluding carboxylic acids is 1. The standard InChI is InChI=1S/C20H24N6O.C8H5F3O/c1-12-2-4-14(21)10-13(12)3-9-17(22)18-19(23)24-11-25-20(18)26-15-5-7-16(27)8-6-15;9-8(10,11)7-3-1-2-6(4-7)5-12/h2,4,10-11,15-16,22,27H,5-8,21H2,1H3,(H3,23,24,25,26);1-5H. The molecule has 0 spiro atoms. The van der Waals surface area contributed by atoms with Crippen LogP contribution in [0.4, 0.5) is 30.5 Å². The third-order valence-electron chi connectivity index (χ3n) is 6.10. The van der Waals surface area contributed by atoms with Crippen LogP contribution in [0.1, 0.15) is 58.3 Å². The molecule has 0 amide bonds. The van der Waals surface area contributed by atoms with E-state index in [1.807, 2.05) is 19.1 Å². The van der Waals surface area contributed by atoms with Crippen LogP contribution < -0.4 is 16.8 Å². The molecule has 0 aliphatic heterocycles. The van der Waals surface area contributed by atoms with E-state index in [1.165, 1.54) is 18.5 Å². The number of aldehydes is 1. The summed E-state index contributed by atoms with van der Waals surface area (Å²) >= 11 is 0. The van der Waals surface area contributed by atoms with Gasteiger partial charge in [-0.2, -0.15) is 13.2 Å². The zero-order valence-electron chi connectivity index (χ0n) is 21.2. The lowest BCUT2D eigenvalue weighted by molar-refractivity contribution is -0.137. The number of hydrogen-bond donors (Lipinski definition) is 5. The highest BCUT2D eigenvalue weighted by molar-refractivity contribution is 6.16. The van der Waals surface area contributed by atoms with Gasteiger partial charge in [0, 0.05) is 22.9 Å². The van der Waals surface area contributed by atoms with Gasteiger partial charge < -0.3 is 21.9 Å². The molecule has 204 valence electrons. The topological polar surface area (TPSA) is 151 Å². The molecule has 0 bridgehead atoms. The number of aromatic nitrogens is 2. The van der Waals surface area contributed by atoms with Crippen molar-refractivity contribution in [2.45, 2.75) is 50.9 Å². The smallest absolute Gasteiger partial charge is 0.399 e. The molecule has 3 aromatic rings. The number of nitrogens with two attached hydrogens (primary N) is 2. The van der Waals surface area contributed by atoms with Crippen molar-refractivity contribution < 1.29 is 23.1 Å². The van der Waals surface area contributed by atoms with Crippen molar-refractivity contribution in [3.8, 4) is 11.8 Å². The number of halogens is 3. The molecular formula is C28H29F3N6O2. The normalized spacial score (nSPS) is 16.6. The highest BCUT2D eigenvalue weighted by Gasteiger charge is 2.30. The summed E-state index contributed by atoms with van der Waals surface area (Å²) in [5, 5.41) is 21.4. The molecule has 1 aromatic heterocycles. The molecule has 1 heterocycles. The van der Waals surface area contributed by atoms with E-state index < -0.39 is 11.7 Å². The molecule has 39 heavy (non-hydrogen) atoms. The molecule has 4 rings (SSSR count). The second-order valence-electron chi connectivity index (χ2n) is 9.07. The molecule has 2 aromatic carbocycles. The van der Waals surface area contributed by atoms with Crippen molar-refractivity contribution in [2.24, 2.45) is 0 Å². The van der Waals surface area contributed by atoms with Gasteiger partial charge >= 0.3 is 6.18 Å². The lowest BCUT2D eigenvalue weighted by Crippen LogP contribution is -2.29. The number of carbonyl (C=O) groups is 1. The number of hydrogen-bond acceptors (Lipinski definition) is 8. The Morgan fingerprint density at radius 1 is 1.13 bits per heavy atom. The molecule has 1 fully saturated rings. The summed E-state index contributed by atoms with van der Waals surface area (Å²) in [6.45, 7) is 1.94. The maximum atomic E-state index is 12.0. The van der Waals surface area contributed by atoms with Crippen LogP contribution in [-0.2, 0) is 6.18 Å². The fourth-order valence-corrected chi connectivity index (χ4v) is 3.92. The number of aryl methyl sites for hydroxylation is 1. The van der Waals surface area contributed by atoms with Gasteiger partial charge in [-0.05, 0) is 68.4 Å². The van der Waals surface area contributed by atoms with Crippen molar-refractivity contribution in [1.82, 2.24) is 9.97 Å². The van der Waals surface area contributed by atoms with E-state index in [9.17, 15) is 23.1 Å². The molecule has 0 atom stereocenters. The van der Waals surface area contributed by atoms with Crippen LogP contribution in [0.3, 0.4) is 0 Å². The number of rotatable bonds is 4. The van der Waals surface area contributed by atoms with Gasteiger partial charge in [-0.3, -0.25) is 10.2 Å². The van der Waals surface area contributed by atoms with E-state index in [0.29, 0.717) is 23.4 Å². The van der Waals surface area contributed by atoms with Gasteiger partial charge in [0.1, 0.15) is 30.0 Å². The van der Waals surface area contributed by atoms with E-state index in [4.69, 9.17) is 16.9 Å². The molecule has 0 unspecified atom stereocenters. The Kier molecular flexibility index (Phi) is 9.62. The Bertz CT molecular complexity index is 1390. The fourth-order valence-electron chi connectivity index (χ4n) is 3.92. The second-order valence-corrected chi connectivity index (χ2v) is 9.07. The van der Waals surface area contributed by atoms with Gasteiger partial charge in [-0.1, -0.05) is 24.1 Å². The largest absolute Gasteiger partial charge is 0.416 e. The van der Waals surface area contributed by atoms with Gasteiger partial charge in [0.2, 0.25) is 0 Å². The first-order chi connectivity index (χ1) is 18.5. The van der Waals surface area contributed by atoms with E-state index >= 15 is 0 Å². The highest BCUT2D eigenvalue weighted by Crippen LogP contribution is 2.29. The Balaban J connectivity index is 0.000000293. The summed E-state index contributed by atoms with van der Waals surface area (Å²) in [7, 11) is 0. The monoisotopic (exact) mass is 538 g/mol. The van der Waals surface area contributed by atoms with Crippen molar-refractivity contribution in [2.75, 3.05) is 16.8 Å². The second kappa shape index (κ2) is 12.9. The summed E-state index contributed by atoms with van der Waals surface area (Å²) in [6, 6.07) is 9.94.